The first kappa shape index (κ1) is 12.0. The molecule has 0 saturated carbocycles. The zero-order valence-corrected chi connectivity index (χ0v) is 9.47. The first-order valence-corrected chi connectivity index (χ1v) is 5.13. The standard InChI is InChI=1S/C10H11N5O3/c1-4(16)2-3-5-8(17)13-7-6(12-5)9(18)15-10(11)14-7/h2-4,16H,1H3,(H4,11,13,14,15,17,18)/b3-2-. The van der Waals surface area contributed by atoms with E-state index in [9.17, 15) is 9.59 Å². The number of nitrogens with one attached hydrogen (secondary N) is 2. The minimum absolute atomic E-state index is 0.0143. The van der Waals surface area contributed by atoms with E-state index in [1.54, 1.807) is 0 Å². The van der Waals surface area contributed by atoms with Gasteiger partial charge in [-0.1, -0.05) is 6.08 Å². The number of fused-ring (bicyclic) bond motifs is 1. The highest BCUT2D eigenvalue weighted by Gasteiger charge is 2.07. The molecule has 0 spiro atoms. The summed E-state index contributed by atoms with van der Waals surface area (Å²) in [5.41, 5.74) is 4.31. The number of H-pyrrole nitrogens is 2. The highest BCUT2D eigenvalue weighted by molar-refractivity contribution is 5.70. The highest BCUT2D eigenvalue weighted by Crippen LogP contribution is 2.01. The lowest BCUT2D eigenvalue weighted by molar-refractivity contribution is 0.245. The molecule has 18 heavy (non-hydrogen) atoms. The van der Waals surface area contributed by atoms with Crippen molar-refractivity contribution in [2.24, 2.45) is 0 Å². The molecule has 2 aromatic heterocycles. The first-order chi connectivity index (χ1) is 8.47. The van der Waals surface area contributed by atoms with Crippen LogP contribution in [0.1, 0.15) is 12.6 Å². The molecule has 0 amide bonds. The van der Waals surface area contributed by atoms with Gasteiger partial charge in [0.2, 0.25) is 5.95 Å². The van der Waals surface area contributed by atoms with E-state index in [0.717, 1.165) is 0 Å². The Morgan fingerprint density at radius 3 is 2.67 bits per heavy atom. The molecule has 2 rings (SSSR count). The van der Waals surface area contributed by atoms with Gasteiger partial charge in [0.05, 0.1) is 6.10 Å². The Bertz CT molecular complexity index is 728. The molecule has 0 radical (unpaired) electrons. The maximum Gasteiger partial charge on any atom is 0.280 e. The van der Waals surface area contributed by atoms with Crippen LogP contribution in [0.15, 0.2) is 15.7 Å². The van der Waals surface area contributed by atoms with Crippen LogP contribution in [0.5, 0.6) is 0 Å². The number of hydrogen-bond donors (Lipinski definition) is 4. The number of aromatic amines is 2. The molecular formula is C10H11N5O3. The molecule has 0 saturated heterocycles. The maximum atomic E-state index is 11.6. The van der Waals surface area contributed by atoms with Gasteiger partial charge in [0.1, 0.15) is 5.69 Å². The van der Waals surface area contributed by atoms with Gasteiger partial charge < -0.3 is 15.8 Å². The molecule has 0 bridgehead atoms. The third-order valence-electron chi connectivity index (χ3n) is 2.14. The third kappa shape index (κ3) is 2.28. The van der Waals surface area contributed by atoms with E-state index in [0.29, 0.717) is 0 Å². The van der Waals surface area contributed by atoms with Crippen LogP contribution in [-0.4, -0.2) is 31.1 Å². The SMILES string of the molecule is CC(O)/C=C\c1nc2c(=O)[nH]c(N)nc2[nH]c1=O. The van der Waals surface area contributed by atoms with E-state index in [4.69, 9.17) is 10.8 Å². The monoisotopic (exact) mass is 249 g/mol. The van der Waals surface area contributed by atoms with Gasteiger partial charge in [-0.2, -0.15) is 4.98 Å². The van der Waals surface area contributed by atoms with Crippen molar-refractivity contribution >= 4 is 23.2 Å². The number of nitrogens with two attached hydrogens (primary N) is 1. The fraction of sp³-hybridized carbons (Fsp3) is 0.200. The molecule has 5 N–H and O–H groups in total. The molecule has 0 fully saturated rings. The number of anilines is 1. The molecule has 1 atom stereocenters. The lowest BCUT2D eigenvalue weighted by atomic mass is 10.3. The number of aliphatic hydroxyl groups is 1. The second kappa shape index (κ2) is 4.41. The minimum Gasteiger partial charge on any atom is -0.389 e. The molecule has 2 heterocycles. The van der Waals surface area contributed by atoms with Crippen molar-refractivity contribution in [2.75, 3.05) is 5.73 Å². The smallest absolute Gasteiger partial charge is 0.280 e. The number of aromatic nitrogens is 4. The van der Waals surface area contributed by atoms with Crippen LogP contribution in [0.3, 0.4) is 0 Å². The Hall–Kier alpha value is -2.48. The Balaban J connectivity index is 2.69. The average Bonchev–Trinajstić information content (AvgIpc) is 2.26. The van der Waals surface area contributed by atoms with Crippen molar-refractivity contribution < 1.29 is 5.11 Å². The van der Waals surface area contributed by atoms with Crippen molar-refractivity contribution in [3.8, 4) is 0 Å². The van der Waals surface area contributed by atoms with Crippen LogP contribution >= 0.6 is 0 Å². The number of hydrogen-bond acceptors (Lipinski definition) is 6. The Morgan fingerprint density at radius 2 is 2.00 bits per heavy atom. The van der Waals surface area contributed by atoms with Crippen LogP contribution in [0.2, 0.25) is 0 Å². The second-order valence-corrected chi connectivity index (χ2v) is 3.70. The Labute approximate surface area is 100 Å². The molecule has 1 unspecified atom stereocenters. The predicted molar refractivity (Wildman–Crippen MR) is 65.9 cm³/mol. The fourth-order valence-corrected chi connectivity index (χ4v) is 1.36. The lowest BCUT2D eigenvalue weighted by Gasteiger charge is -1.99. The molecule has 0 aliphatic carbocycles. The van der Waals surface area contributed by atoms with Gasteiger partial charge in [-0.05, 0) is 13.0 Å². The quantitative estimate of drug-likeness (QED) is 0.537. The van der Waals surface area contributed by atoms with Gasteiger partial charge in [-0.3, -0.25) is 14.6 Å². The Morgan fingerprint density at radius 1 is 1.28 bits per heavy atom. The maximum absolute atomic E-state index is 11.6. The lowest BCUT2D eigenvalue weighted by Crippen LogP contribution is -2.20. The molecule has 0 aliphatic heterocycles. The van der Waals surface area contributed by atoms with Crippen LogP contribution < -0.4 is 16.9 Å². The predicted octanol–water partition coefficient (Wildman–Crippen LogP) is -1.02. The molecular weight excluding hydrogens is 238 g/mol. The summed E-state index contributed by atoms with van der Waals surface area (Å²) in [4.78, 5) is 35.5. The molecule has 0 aromatic carbocycles. The Kier molecular flexibility index (Phi) is 2.94. The van der Waals surface area contributed by atoms with E-state index in [1.807, 2.05) is 0 Å². The van der Waals surface area contributed by atoms with Crippen LogP contribution in [0.4, 0.5) is 5.95 Å². The number of nitrogens with zero attached hydrogens (tertiary/aromatic N) is 2. The largest absolute Gasteiger partial charge is 0.389 e. The summed E-state index contributed by atoms with van der Waals surface area (Å²) in [6, 6.07) is 0. The van der Waals surface area contributed by atoms with Crippen LogP contribution in [-0.2, 0) is 0 Å². The fourth-order valence-electron chi connectivity index (χ4n) is 1.36. The van der Waals surface area contributed by atoms with E-state index in [1.165, 1.54) is 19.1 Å². The van der Waals surface area contributed by atoms with E-state index >= 15 is 0 Å². The van der Waals surface area contributed by atoms with Gasteiger partial charge >= 0.3 is 0 Å². The number of aliphatic hydroxyl groups excluding tert-OH is 1. The van der Waals surface area contributed by atoms with Gasteiger partial charge in [0.25, 0.3) is 11.1 Å². The molecule has 2 aromatic rings. The zero-order valence-electron chi connectivity index (χ0n) is 9.47. The van der Waals surface area contributed by atoms with Gasteiger partial charge in [-0.15, -0.1) is 0 Å². The normalized spacial score (nSPS) is 13.2. The summed E-state index contributed by atoms with van der Waals surface area (Å²) >= 11 is 0. The summed E-state index contributed by atoms with van der Waals surface area (Å²) in [7, 11) is 0. The summed E-state index contributed by atoms with van der Waals surface area (Å²) in [5, 5.41) is 9.09. The first-order valence-electron chi connectivity index (χ1n) is 5.13. The van der Waals surface area contributed by atoms with Crippen LogP contribution in [0, 0.1) is 0 Å². The van der Waals surface area contributed by atoms with Crippen molar-refractivity contribution in [3.63, 3.8) is 0 Å². The molecule has 8 nitrogen and oxygen atoms in total. The number of rotatable bonds is 2. The summed E-state index contributed by atoms with van der Waals surface area (Å²) in [5.74, 6) is -0.0998. The molecule has 94 valence electrons. The summed E-state index contributed by atoms with van der Waals surface area (Å²) < 4.78 is 0. The molecule has 8 heteroatoms. The second-order valence-electron chi connectivity index (χ2n) is 3.70. The minimum atomic E-state index is -0.718. The summed E-state index contributed by atoms with van der Waals surface area (Å²) in [6.45, 7) is 1.53. The topological polar surface area (TPSA) is 138 Å². The van der Waals surface area contributed by atoms with Crippen molar-refractivity contribution in [1.82, 2.24) is 19.9 Å². The zero-order chi connectivity index (χ0) is 13.3. The third-order valence-corrected chi connectivity index (χ3v) is 2.14. The number of nitrogen functional groups attached to an aromatic ring is 1. The van der Waals surface area contributed by atoms with E-state index in [-0.39, 0.29) is 22.8 Å². The summed E-state index contributed by atoms with van der Waals surface area (Å²) in [6.07, 6.45) is 1.99. The van der Waals surface area contributed by atoms with Gasteiger partial charge in [0.15, 0.2) is 11.2 Å². The van der Waals surface area contributed by atoms with Crippen molar-refractivity contribution in [1.29, 1.82) is 0 Å². The van der Waals surface area contributed by atoms with E-state index < -0.39 is 17.2 Å². The van der Waals surface area contributed by atoms with Crippen molar-refractivity contribution in [3.05, 3.63) is 32.5 Å². The van der Waals surface area contributed by atoms with E-state index in [2.05, 4.69) is 19.9 Å². The van der Waals surface area contributed by atoms with Gasteiger partial charge in [0, 0.05) is 0 Å². The van der Waals surface area contributed by atoms with Crippen LogP contribution in [0.25, 0.3) is 17.2 Å². The highest BCUT2D eigenvalue weighted by atomic mass is 16.3. The van der Waals surface area contributed by atoms with Gasteiger partial charge in [-0.25, -0.2) is 4.98 Å². The average molecular weight is 249 g/mol. The molecule has 0 aliphatic rings. The van der Waals surface area contributed by atoms with Crippen molar-refractivity contribution in [2.45, 2.75) is 13.0 Å².